The Morgan fingerprint density at radius 1 is 1.41 bits per heavy atom. The van der Waals surface area contributed by atoms with E-state index in [4.69, 9.17) is 16.3 Å². The SMILES string of the molecule is CCc1c(Cl)[nH]c(=O)n(C(CC)COC)c1=O. The van der Waals surface area contributed by atoms with Gasteiger partial charge in [-0.3, -0.25) is 14.3 Å². The van der Waals surface area contributed by atoms with Crippen LogP contribution in [0.3, 0.4) is 0 Å². The minimum Gasteiger partial charge on any atom is -0.383 e. The maximum atomic E-state index is 12.1. The molecule has 0 saturated carbocycles. The van der Waals surface area contributed by atoms with Crippen molar-refractivity contribution in [3.8, 4) is 0 Å². The van der Waals surface area contributed by atoms with Gasteiger partial charge in [-0.1, -0.05) is 25.4 Å². The Morgan fingerprint density at radius 2 is 2.06 bits per heavy atom. The zero-order chi connectivity index (χ0) is 13.0. The molecule has 0 aliphatic heterocycles. The molecule has 1 unspecified atom stereocenters. The van der Waals surface area contributed by atoms with Crippen molar-refractivity contribution in [2.75, 3.05) is 13.7 Å². The third kappa shape index (κ3) is 2.79. The molecule has 0 radical (unpaired) electrons. The maximum Gasteiger partial charge on any atom is 0.329 e. The number of aromatic amines is 1. The highest BCUT2D eigenvalue weighted by molar-refractivity contribution is 6.30. The van der Waals surface area contributed by atoms with Crippen LogP contribution in [-0.2, 0) is 11.2 Å². The molecule has 1 N–H and O–H groups in total. The van der Waals surface area contributed by atoms with Crippen LogP contribution >= 0.6 is 11.6 Å². The predicted octanol–water partition coefficient (Wildman–Crippen LogP) is 1.35. The molecule has 1 aromatic heterocycles. The summed E-state index contributed by atoms with van der Waals surface area (Å²) in [5.74, 6) is 0. The van der Waals surface area contributed by atoms with E-state index in [1.165, 1.54) is 4.57 Å². The maximum absolute atomic E-state index is 12.1. The third-order valence-electron chi connectivity index (χ3n) is 2.73. The molecule has 1 heterocycles. The van der Waals surface area contributed by atoms with Gasteiger partial charge in [0.25, 0.3) is 5.56 Å². The summed E-state index contributed by atoms with van der Waals surface area (Å²) < 4.78 is 6.21. The molecule has 0 aromatic carbocycles. The van der Waals surface area contributed by atoms with Gasteiger partial charge < -0.3 is 4.74 Å². The Morgan fingerprint density at radius 3 is 2.53 bits per heavy atom. The average Bonchev–Trinajstić information content (AvgIpc) is 2.27. The number of hydrogen-bond acceptors (Lipinski definition) is 3. The Kier molecular flexibility index (Phi) is 4.96. The summed E-state index contributed by atoms with van der Waals surface area (Å²) in [5, 5.41) is 0.131. The van der Waals surface area contributed by atoms with Crippen LogP contribution in [0.4, 0.5) is 0 Å². The van der Waals surface area contributed by atoms with E-state index in [1.54, 1.807) is 7.11 Å². The molecule has 0 fully saturated rings. The molecule has 0 saturated heterocycles. The van der Waals surface area contributed by atoms with Gasteiger partial charge >= 0.3 is 5.69 Å². The minimum absolute atomic E-state index is 0.131. The quantitative estimate of drug-likeness (QED) is 0.813. The summed E-state index contributed by atoms with van der Waals surface area (Å²) >= 11 is 5.83. The van der Waals surface area contributed by atoms with Gasteiger partial charge in [-0.25, -0.2) is 4.79 Å². The second kappa shape index (κ2) is 6.02. The van der Waals surface area contributed by atoms with Crippen LogP contribution in [0.15, 0.2) is 9.59 Å². The molecular weight excluding hydrogens is 244 g/mol. The van der Waals surface area contributed by atoms with Crippen molar-refractivity contribution in [2.45, 2.75) is 32.7 Å². The number of ether oxygens (including phenoxy) is 1. The average molecular weight is 261 g/mol. The largest absolute Gasteiger partial charge is 0.383 e. The van der Waals surface area contributed by atoms with Gasteiger partial charge in [-0.05, 0) is 12.8 Å². The second-order valence-electron chi connectivity index (χ2n) is 3.77. The Balaban J connectivity index is 3.42. The number of rotatable bonds is 5. The molecule has 0 aliphatic rings. The van der Waals surface area contributed by atoms with Crippen molar-refractivity contribution in [3.63, 3.8) is 0 Å². The number of hydrogen-bond donors (Lipinski definition) is 1. The first-order chi connectivity index (χ1) is 8.06. The van der Waals surface area contributed by atoms with Crippen LogP contribution in [0.25, 0.3) is 0 Å². The van der Waals surface area contributed by atoms with Gasteiger partial charge in [0.2, 0.25) is 0 Å². The first-order valence-corrected chi connectivity index (χ1v) is 5.96. The lowest BCUT2D eigenvalue weighted by atomic mass is 10.2. The molecule has 1 atom stereocenters. The molecule has 0 spiro atoms. The van der Waals surface area contributed by atoms with Crippen LogP contribution in [0.5, 0.6) is 0 Å². The summed E-state index contributed by atoms with van der Waals surface area (Å²) in [4.78, 5) is 26.4. The lowest BCUT2D eigenvalue weighted by Gasteiger charge is -2.17. The number of nitrogens with one attached hydrogen (secondary N) is 1. The molecule has 0 aliphatic carbocycles. The lowest BCUT2D eigenvalue weighted by molar-refractivity contribution is 0.149. The zero-order valence-electron chi connectivity index (χ0n) is 10.2. The third-order valence-corrected chi connectivity index (χ3v) is 3.05. The van der Waals surface area contributed by atoms with Crippen LogP contribution in [-0.4, -0.2) is 23.3 Å². The van der Waals surface area contributed by atoms with E-state index in [0.29, 0.717) is 25.0 Å². The Bertz CT molecular complexity index is 492. The van der Waals surface area contributed by atoms with Crippen molar-refractivity contribution < 1.29 is 4.74 Å². The van der Waals surface area contributed by atoms with Crippen molar-refractivity contribution in [1.82, 2.24) is 9.55 Å². The fourth-order valence-corrected chi connectivity index (χ4v) is 2.06. The molecule has 0 amide bonds. The molecule has 0 bridgehead atoms. The minimum atomic E-state index is -0.485. The van der Waals surface area contributed by atoms with E-state index < -0.39 is 5.69 Å². The summed E-state index contributed by atoms with van der Waals surface area (Å²) in [5.41, 5.74) is -0.382. The monoisotopic (exact) mass is 260 g/mol. The highest BCUT2D eigenvalue weighted by Crippen LogP contribution is 2.10. The predicted molar refractivity (Wildman–Crippen MR) is 66.9 cm³/mol. The number of nitrogens with zero attached hydrogens (tertiary/aromatic N) is 1. The van der Waals surface area contributed by atoms with Gasteiger partial charge in [0.1, 0.15) is 5.15 Å². The zero-order valence-corrected chi connectivity index (χ0v) is 11.0. The Hall–Kier alpha value is -1.07. The standard InChI is InChI=1S/C11H17ClN2O3/c1-4-7(6-17-3)14-10(15)8(5-2)9(12)13-11(14)16/h7H,4-6H2,1-3H3,(H,13,16). The lowest BCUT2D eigenvalue weighted by Crippen LogP contribution is -2.41. The first kappa shape index (κ1) is 14.0. The summed E-state index contributed by atoms with van der Waals surface area (Å²) in [7, 11) is 1.54. The molecule has 96 valence electrons. The van der Waals surface area contributed by atoms with Crippen LogP contribution in [0.1, 0.15) is 31.9 Å². The number of H-pyrrole nitrogens is 1. The van der Waals surface area contributed by atoms with Gasteiger partial charge in [0.05, 0.1) is 18.2 Å². The number of methoxy groups -OCH3 is 1. The van der Waals surface area contributed by atoms with Crippen molar-refractivity contribution >= 4 is 11.6 Å². The molecule has 6 heteroatoms. The van der Waals surface area contributed by atoms with Crippen LogP contribution < -0.4 is 11.2 Å². The molecule has 17 heavy (non-hydrogen) atoms. The summed E-state index contributed by atoms with van der Waals surface area (Å²) in [6, 6.07) is -0.265. The highest BCUT2D eigenvalue weighted by atomic mass is 35.5. The van der Waals surface area contributed by atoms with Gasteiger partial charge in [-0.2, -0.15) is 0 Å². The number of halogens is 1. The normalized spacial score (nSPS) is 12.7. The Labute approximate surface area is 104 Å². The van der Waals surface area contributed by atoms with Gasteiger partial charge in [0.15, 0.2) is 0 Å². The van der Waals surface area contributed by atoms with E-state index in [1.807, 2.05) is 13.8 Å². The van der Waals surface area contributed by atoms with Gasteiger partial charge in [0, 0.05) is 7.11 Å². The number of aromatic nitrogens is 2. The topological polar surface area (TPSA) is 64.1 Å². The second-order valence-corrected chi connectivity index (χ2v) is 4.15. The summed E-state index contributed by atoms with van der Waals surface area (Å²) in [6.07, 6.45) is 1.12. The fourth-order valence-electron chi connectivity index (χ4n) is 1.77. The van der Waals surface area contributed by atoms with Crippen molar-refractivity contribution in [3.05, 3.63) is 31.6 Å². The van der Waals surface area contributed by atoms with Crippen molar-refractivity contribution in [2.24, 2.45) is 0 Å². The van der Waals surface area contributed by atoms with E-state index >= 15 is 0 Å². The first-order valence-electron chi connectivity index (χ1n) is 5.58. The van der Waals surface area contributed by atoms with Crippen molar-refractivity contribution in [1.29, 1.82) is 0 Å². The van der Waals surface area contributed by atoms with E-state index in [2.05, 4.69) is 4.98 Å². The molecule has 1 rings (SSSR count). The van der Waals surface area contributed by atoms with E-state index in [0.717, 1.165) is 0 Å². The highest BCUT2D eigenvalue weighted by Gasteiger charge is 2.17. The van der Waals surface area contributed by atoms with E-state index in [9.17, 15) is 9.59 Å². The van der Waals surface area contributed by atoms with Crippen LogP contribution in [0.2, 0.25) is 5.15 Å². The summed E-state index contributed by atoms with van der Waals surface area (Å²) in [6.45, 7) is 4.04. The van der Waals surface area contributed by atoms with E-state index in [-0.39, 0.29) is 16.8 Å². The fraction of sp³-hybridized carbons (Fsp3) is 0.636. The van der Waals surface area contributed by atoms with Gasteiger partial charge in [-0.15, -0.1) is 0 Å². The van der Waals surface area contributed by atoms with Crippen LogP contribution in [0, 0.1) is 0 Å². The molecule has 1 aromatic rings. The molecule has 5 nitrogen and oxygen atoms in total. The molecular formula is C11H17ClN2O3. The smallest absolute Gasteiger partial charge is 0.329 e.